The molecule has 1 unspecified atom stereocenters. The van der Waals surface area contributed by atoms with Gasteiger partial charge in [0.1, 0.15) is 0 Å². The van der Waals surface area contributed by atoms with Crippen LogP contribution in [-0.2, 0) is 21.3 Å². The summed E-state index contributed by atoms with van der Waals surface area (Å²) < 4.78 is 32.6. The number of sulfonamides is 1. The van der Waals surface area contributed by atoms with Crippen LogP contribution in [0.5, 0.6) is 0 Å². The van der Waals surface area contributed by atoms with Gasteiger partial charge in [0.05, 0.1) is 41.4 Å². The number of anilines is 1. The first-order chi connectivity index (χ1) is 16.9. The molecule has 35 heavy (non-hydrogen) atoms. The second-order valence-corrected chi connectivity index (χ2v) is 12.1. The molecular formula is C23H27N7O3S2. The zero-order valence-corrected chi connectivity index (χ0v) is 21.0. The van der Waals surface area contributed by atoms with Crippen LogP contribution in [0.2, 0.25) is 0 Å². The van der Waals surface area contributed by atoms with E-state index in [1.807, 2.05) is 24.4 Å². The third kappa shape index (κ3) is 4.76. The zero-order valence-electron chi connectivity index (χ0n) is 19.4. The van der Waals surface area contributed by atoms with E-state index in [2.05, 4.69) is 30.8 Å². The second kappa shape index (κ2) is 9.10. The lowest BCUT2D eigenvalue weighted by Crippen LogP contribution is -2.36. The summed E-state index contributed by atoms with van der Waals surface area (Å²) in [7, 11) is -3.20. The number of aromatic nitrogens is 4. The van der Waals surface area contributed by atoms with Crippen molar-refractivity contribution in [1.29, 1.82) is 0 Å². The minimum atomic E-state index is -3.20. The summed E-state index contributed by atoms with van der Waals surface area (Å²) >= 11 is 1.72. The first-order valence-electron chi connectivity index (χ1n) is 11.7. The van der Waals surface area contributed by atoms with Gasteiger partial charge in [0, 0.05) is 54.6 Å². The third-order valence-electron chi connectivity index (χ3n) is 6.47. The van der Waals surface area contributed by atoms with E-state index in [1.165, 1.54) is 11.1 Å². The molecule has 10 nitrogen and oxygen atoms in total. The maximum absolute atomic E-state index is 11.6. The molecule has 0 saturated carbocycles. The zero-order chi connectivity index (χ0) is 24.0. The predicted molar refractivity (Wildman–Crippen MR) is 137 cm³/mol. The quantitative estimate of drug-likeness (QED) is 0.403. The monoisotopic (exact) mass is 513 g/mol. The average molecular weight is 514 g/mol. The van der Waals surface area contributed by atoms with E-state index in [1.54, 1.807) is 11.3 Å². The minimum Gasteiger partial charge on any atom is -0.378 e. The molecule has 1 aromatic carbocycles. The second-order valence-electron chi connectivity index (χ2n) is 9.14. The van der Waals surface area contributed by atoms with Crippen LogP contribution in [0.15, 0.2) is 30.5 Å². The molecule has 0 bridgehead atoms. The standard InChI is InChI=1S/C23H27N7O3S2/c1-35(31,32)28-15-5-6-29(13-15)14-16-11-20-21(34-16)23(30-7-9-33-10-8-30)26-22(25-20)17-3-2-4-19-18(17)12-24-27-19/h2-4,11-12,15,28H,5-10,13-14H2,1H3,(H,24,27). The number of ether oxygens (including phenoxy) is 1. The molecule has 1 atom stereocenters. The highest BCUT2D eigenvalue weighted by Gasteiger charge is 2.26. The van der Waals surface area contributed by atoms with Crippen molar-refractivity contribution in [3.63, 3.8) is 0 Å². The van der Waals surface area contributed by atoms with E-state index in [0.29, 0.717) is 25.6 Å². The molecule has 0 spiro atoms. The molecule has 2 aliphatic rings. The summed E-state index contributed by atoms with van der Waals surface area (Å²) in [5.41, 5.74) is 2.84. The Hall–Kier alpha value is -2.64. The number of hydrogen-bond donors (Lipinski definition) is 2. The number of H-pyrrole nitrogens is 1. The number of aromatic amines is 1. The van der Waals surface area contributed by atoms with E-state index < -0.39 is 10.0 Å². The Kier molecular flexibility index (Phi) is 5.93. The highest BCUT2D eigenvalue weighted by molar-refractivity contribution is 7.88. The van der Waals surface area contributed by atoms with E-state index >= 15 is 0 Å². The Labute approximate surface area is 207 Å². The molecule has 0 amide bonds. The summed E-state index contributed by atoms with van der Waals surface area (Å²) in [6, 6.07) is 8.14. The van der Waals surface area contributed by atoms with Crippen molar-refractivity contribution in [2.45, 2.75) is 19.0 Å². The third-order valence-corrected chi connectivity index (χ3v) is 8.34. The lowest BCUT2D eigenvalue weighted by atomic mass is 10.1. The Morgan fingerprint density at radius 1 is 1.23 bits per heavy atom. The van der Waals surface area contributed by atoms with Crippen LogP contribution in [0.25, 0.3) is 32.5 Å². The summed E-state index contributed by atoms with van der Waals surface area (Å²) in [5.74, 6) is 1.64. The summed E-state index contributed by atoms with van der Waals surface area (Å²) in [4.78, 5) is 15.8. The van der Waals surface area contributed by atoms with Gasteiger partial charge in [-0.3, -0.25) is 10.00 Å². The maximum Gasteiger partial charge on any atom is 0.208 e. The topological polar surface area (TPSA) is 116 Å². The fraction of sp³-hybridized carbons (Fsp3) is 0.435. The molecule has 2 fully saturated rings. The fourth-order valence-electron chi connectivity index (χ4n) is 4.91. The van der Waals surface area contributed by atoms with Crippen LogP contribution in [0.4, 0.5) is 5.82 Å². The summed E-state index contributed by atoms with van der Waals surface area (Å²) in [5, 5.41) is 8.22. The van der Waals surface area contributed by atoms with E-state index in [4.69, 9.17) is 14.7 Å². The number of thiophene rings is 1. The van der Waals surface area contributed by atoms with Gasteiger partial charge in [-0.2, -0.15) is 5.10 Å². The van der Waals surface area contributed by atoms with Crippen LogP contribution in [0, 0.1) is 0 Å². The van der Waals surface area contributed by atoms with Crippen LogP contribution >= 0.6 is 11.3 Å². The van der Waals surface area contributed by atoms with Gasteiger partial charge >= 0.3 is 0 Å². The fourth-order valence-corrected chi connectivity index (χ4v) is 6.86. The molecule has 5 heterocycles. The highest BCUT2D eigenvalue weighted by atomic mass is 32.2. The van der Waals surface area contributed by atoms with Gasteiger partial charge in [-0.25, -0.2) is 23.1 Å². The van der Waals surface area contributed by atoms with Gasteiger partial charge in [-0.05, 0) is 18.6 Å². The number of benzene rings is 1. The Morgan fingerprint density at radius 2 is 2.09 bits per heavy atom. The van der Waals surface area contributed by atoms with Gasteiger partial charge in [0.15, 0.2) is 11.6 Å². The largest absolute Gasteiger partial charge is 0.378 e. The summed E-state index contributed by atoms with van der Waals surface area (Å²) in [6.45, 7) is 5.27. The van der Waals surface area contributed by atoms with Crippen LogP contribution in [0.3, 0.4) is 0 Å². The normalized spacial score (nSPS) is 19.8. The van der Waals surface area contributed by atoms with E-state index in [-0.39, 0.29) is 6.04 Å². The molecule has 2 aliphatic heterocycles. The van der Waals surface area contributed by atoms with Crippen molar-refractivity contribution in [2.75, 3.05) is 50.5 Å². The van der Waals surface area contributed by atoms with Crippen molar-refractivity contribution in [3.05, 3.63) is 35.3 Å². The number of hydrogen-bond acceptors (Lipinski definition) is 9. The molecule has 0 radical (unpaired) electrons. The van der Waals surface area contributed by atoms with Gasteiger partial charge in [0.2, 0.25) is 10.0 Å². The SMILES string of the molecule is CS(=O)(=O)NC1CCN(Cc2cc3nc(-c4cccc5[nH]ncc45)nc(N4CCOCC4)c3s2)C1. The molecule has 0 aliphatic carbocycles. The minimum absolute atomic E-state index is 0.0369. The number of rotatable bonds is 6. The van der Waals surface area contributed by atoms with Gasteiger partial charge in [-0.15, -0.1) is 11.3 Å². The summed E-state index contributed by atoms with van der Waals surface area (Å²) in [6.07, 6.45) is 3.85. The van der Waals surface area contributed by atoms with Crippen molar-refractivity contribution in [2.24, 2.45) is 0 Å². The molecule has 12 heteroatoms. The van der Waals surface area contributed by atoms with Crippen LogP contribution < -0.4 is 9.62 Å². The van der Waals surface area contributed by atoms with E-state index in [9.17, 15) is 8.42 Å². The number of likely N-dealkylation sites (tertiary alicyclic amines) is 1. The van der Waals surface area contributed by atoms with Crippen molar-refractivity contribution >= 4 is 48.3 Å². The van der Waals surface area contributed by atoms with Gasteiger partial charge in [0.25, 0.3) is 0 Å². The molecule has 4 aromatic rings. The van der Waals surface area contributed by atoms with Crippen molar-refractivity contribution < 1.29 is 13.2 Å². The van der Waals surface area contributed by atoms with Gasteiger partial charge < -0.3 is 9.64 Å². The Bertz CT molecular complexity index is 1480. The molecular weight excluding hydrogens is 486 g/mol. The molecule has 6 rings (SSSR count). The molecule has 184 valence electrons. The number of nitrogens with zero attached hydrogens (tertiary/aromatic N) is 5. The van der Waals surface area contributed by atoms with Crippen molar-refractivity contribution in [3.8, 4) is 11.4 Å². The van der Waals surface area contributed by atoms with Crippen LogP contribution in [0.1, 0.15) is 11.3 Å². The smallest absolute Gasteiger partial charge is 0.208 e. The first-order valence-corrected chi connectivity index (χ1v) is 14.4. The van der Waals surface area contributed by atoms with E-state index in [0.717, 1.165) is 65.1 Å². The lowest BCUT2D eigenvalue weighted by Gasteiger charge is -2.28. The number of fused-ring (bicyclic) bond motifs is 2. The molecule has 2 saturated heterocycles. The number of morpholine rings is 1. The maximum atomic E-state index is 11.6. The predicted octanol–water partition coefficient (Wildman–Crippen LogP) is 2.19. The van der Waals surface area contributed by atoms with Crippen molar-refractivity contribution in [1.82, 2.24) is 29.8 Å². The molecule has 3 aromatic heterocycles. The Balaban J connectivity index is 1.36. The van der Waals surface area contributed by atoms with Gasteiger partial charge in [-0.1, -0.05) is 12.1 Å². The highest BCUT2D eigenvalue weighted by Crippen LogP contribution is 2.36. The Morgan fingerprint density at radius 3 is 2.91 bits per heavy atom. The molecule has 2 N–H and O–H groups in total. The number of nitrogens with one attached hydrogen (secondary N) is 2. The average Bonchev–Trinajstić information content (AvgIpc) is 3.57. The van der Waals surface area contributed by atoms with Crippen LogP contribution in [-0.4, -0.2) is 85.2 Å². The first kappa shape index (κ1) is 22.8. The lowest BCUT2D eigenvalue weighted by molar-refractivity contribution is 0.122.